The molecular formula is C20H16. The van der Waals surface area contributed by atoms with Crippen molar-refractivity contribution in [2.75, 3.05) is 0 Å². The van der Waals surface area contributed by atoms with Crippen molar-refractivity contribution in [1.29, 1.82) is 0 Å². The molecule has 0 spiro atoms. The maximum absolute atomic E-state index is 2.33. The topological polar surface area (TPSA) is 0 Å². The molecule has 0 aromatic heterocycles. The number of aryl methyl sites for hydroxylation is 2. The number of rotatable bonds is 0. The smallest absolute Gasteiger partial charge is 0.0146 e. The lowest BCUT2D eigenvalue weighted by Crippen LogP contribution is -1.84. The van der Waals surface area contributed by atoms with E-state index < -0.39 is 0 Å². The number of hydrogen-bond donors (Lipinski definition) is 0. The molecule has 0 radical (unpaired) electrons. The molecule has 0 amide bonds. The second-order valence-corrected chi connectivity index (χ2v) is 5.64. The summed E-state index contributed by atoms with van der Waals surface area (Å²) >= 11 is 0. The summed E-state index contributed by atoms with van der Waals surface area (Å²) in [5.74, 6) is 0. The van der Waals surface area contributed by atoms with Gasteiger partial charge in [-0.3, -0.25) is 0 Å². The molecule has 0 heterocycles. The Kier molecular flexibility index (Phi) is 2.34. The van der Waals surface area contributed by atoms with Crippen molar-refractivity contribution in [2.24, 2.45) is 0 Å². The van der Waals surface area contributed by atoms with Crippen LogP contribution in [0.2, 0.25) is 0 Å². The minimum atomic E-state index is 1.31. The first-order valence-corrected chi connectivity index (χ1v) is 7.05. The second-order valence-electron chi connectivity index (χ2n) is 5.64. The summed E-state index contributed by atoms with van der Waals surface area (Å²) in [6.07, 6.45) is 0. The highest BCUT2D eigenvalue weighted by molar-refractivity contribution is 6.06. The molecule has 0 nitrogen and oxygen atoms in total. The maximum atomic E-state index is 2.33. The van der Waals surface area contributed by atoms with Gasteiger partial charge in [0.25, 0.3) is 0 Å². The average molecular weight is 256 g/mol. The van der Waals surface area contributed by atoms with Gasteiger partial charge in [0.05, 0.1) is 0 Å². The fourth-order valence-electron chi connectivity index (χ4n) is 3.07. The lowest BCUT2D eigenvalue weighted by molar-refractivity contribution is 1.47. The van der Waals surface area contributed by atoms with Crippen LogP contribution in [0.15, 0.2) is 60.7 Å². The summed E-state index contributed by atoms with van der Waals surface area (Å²) < 4.78 is 0. The molecule has 4 aromatic carbocycles. The van der Waals surface area contributed by atoms with E-state index in [9.17, 15) is 0 Å². The number of benzene rings is 4. The monoisotopic (exact) mass is 256 g/mol. The predicted molar refractivity (Wildman–Crippen MR) is 88.4 cm³/mol. The summed E-state index contributed by atoms with van der Waals surface area (Å²) in [7, 11) is 0. The Morgan fingerprint density at radius 1 is 0.500 bits per heavy atom. The lowest BCUT2D eigenvalue weighted by Gasteiger charge is -2.09. The van der Waals surface area contributed by atoms with Crippen molar-refractivity contribution in [3.05, 3.63) is 71.8 Å². The van der Waals surface area contributed by atoms with E-state index in [0.717, 1.165) is 0 Å². The van der Waals surface area contributed by atoms with E-state index in [4.69, 9.17) is 0 Å². The Morgan fingerprint density at radius 2 is 0.950 bits per heavy atom. The first-order chi connectivity index (χ1) is 9.72. The van der Waals surface area contributed by atoms with Crippen LogP contribution in [0.1, 0.15) is 11.1 Å². The standard InChI is InChI=1S/C20H16/c1-13-7-8-14(2)20-12-18-10-16-6-4-3-5-15(16)9-17(18)11-19(13)20/h3-12H,1-2H3. The summed E-state index contributed by atoms with van der Waals surface area (Å²) in [5.41, 5.74) is 2.70. The maximum Gasteiger partial charge on any atom is -0.0146 e. The van der Waals surface area contributed by atoms with Gasteiger partial charge in [-0.1, -0.05) is 36.4 Å². The molecule has 0 saturated heterocycles. The highest BCUT2D eigenvalue weighted by Crippen LogP contribution is 2.30. The molecule has 0 heteroatoms. The largest absolute Gasteiger partial charge is 0.0616 e. The van der Waals surface area contributed by atoms with Crippen LogP contribution in [-0.4, -0.2) is 0 Å². The minimum absolute atomic E-state index is 1.31. The van der Waals surface area contributed by atoms with E-state index in [-0.39, 0.29) is 0 Å². The van der Waals surface area contributed by atoms with Crippen molar-refractivity contribution in [2.45, 2.75) is 13.8 Å². The number of fused-ring (bicyclic) bond motifs is 3. The van der Waals surface area contributed by atoms with Gasteiger partial charge in [0.1, 0.15) is 0 Å². The molecule has 0 aliphatic heterocycles. The molecule has 96 valence electrons. The van der Waals surface area contributed by atoms with Gasteiger partial charge >= 0.3 is 0 Å². The predicted octanol–water partition coefficient (Wildman–Crippen LogP) is 5.76. The Hall–Kier alpha value is -2.34. The normalized spacial score (nSPS) is 11.5. The third kappa shape index (κ3) is 1.61. The van der Waals surface area contributed by atoms with Gasteiger partial charge in [0.15, 0.2) is 0 Å². The van der Waals surface area contributed by atoms with Crippen LogP contribution in [0.4, 0.5) is 0 Å². The highest BCUT2D eigenvalue weighted by Gasteiger charge is 2.04. The molecular weight excluding hydrogens is 240 g/mol. The van der Waals surface area contributed by atoms with E-state index in [1.54, 1.807) is 0 Å². The van der Waals surface area contributed by atoms with Crippen LogP contribution in [-0.2, 0) is 0 Å². The van der Waals surface area contributed by atoms with Crippen molar-refractivity contribution in [3.8, 4) is 0 Å². The summed E-state index contributed by atoms with van der Waals surface area (Å²) in [5, 5.41) is 8.00. The van der Waals surface area contributed by atoms with Crippen LogP contribution < -0.4 is 0 Å². The fourth-order valence-corrected chi connectivity index (χ4v) is 3.07. The van der Waals surface area contributed by atoms with Gasteiger partial charge in [-0.05, 0) is 81.6 Å². The van der Waals surface area contributed by atoms with E-state index in [0.29, 0.717) is 0 Å². The summed E-state index contributed by atoms with van der Waals surface area (Å²) in [6.45, 7) is 4.38. The SMILES string of the molecule is Cc1ccc(C)c2cc3cc4ccccc4cc3cc12. The van der Waals surface area contributed by atoms with Crippen LogP contribution >= 0.6 is 0 Å². The van der Waals surface area contributed by atoms with E-state index in [1.807, 2.05) is 0 Å². The third-order valence-electron chi connectivity index (χ3n) is 4.27. The Bertz CT molecular complexity index is 882. The first-order valence-electron chi connectivity index (χ1n) is 7.05. The summed E-state index contributed by atoms with van der Waals surface area (Å²) in [6, 6.07) is 22.3. The van der Waals surface area contributed by atoms with E-state index in [1.165, 1.54) is 43.4 Å². The zero-order valence-electron chi connectivity index (χ0n) is 11.8. The van der Waals surface area contributed by atoms with Gasteiger partial charge in [-0.15, -0.1) is 0 Å². The minimum Gasteiger partial charge on any atom is -0.0616 e. The van der Waals surface area contributed by atoms with Gasteiger partial charge in [0, 0.05) is 0 Å². The molecule has 0 bridgehead atoms. The molecule has 4 aromatic rings. The molecule has 4 rings (SSSR count). The Labute approximate surface area is 118 Å². The quantitative estimate of drug-likeness (QED) is 0.351. The molecule has 0 unspecified atom stereocenters. The zero-order valence-corrected chi connectivity index (χ0v) is 11.8. The van der Waals surface area contributed by atoms with Gasteiger partial charge < -0.3 is 0 Å². The molecule has 20 heavy (non-hydrogen) atoms. The third-order valence-corrected chi connectivity index (χ3v) is 4.27. The molecule has 0 saturated carbocycles. The van der Waals surface area contributed by atoms with Crippen molar-refractivity contribution >= 4 is 32.3 Å². The van der Waals surface area contributed by atoms with E-state index >= 15 is 0 Å². The van der Waals surface area contributed by atoms with Crippen molar-refractivity contribution < 1.29 is 0 Å². The van der Waals surface area contributed by atoms with Gasteiger partial charge in [0.2, 0.25) is 0 Å². The van der Waals surface area contributed by atoms with Gasteiger partial charge in [-0.2, -0.15) is 0 Å². The summed E-state index contributed by atoms with van der Waals surface area (Å²) in [4.78, 5) is 0. The van der Waals surface area contributed by atoms with Crippen LogP contribution in [0.3, 0.4) is 0 Å². The second kappa shape index (κ2) is 4.08. The first kappa shape index (κ1) is 11.5. The van der Waals surface area contributed by atoms with Crippen molar-refractivity contribution in [3.63, 3.8) is 0 Å². The Balaban J connectivity index is 2.21. The molecule has 0 fully saturated rings. The number of hydrogen-bond acceptors (Lipinski definition) is 0. The lowest BCUT2D eigenvalue weighted by atomic mass is 9.95. The zero-order chi connectivity index (χ0) is 13.7. The molecule has 0 aliphatic rings. The van der Waals surface area contributed by atoms with Crippen LogP contribution in [0.25, 0.3) is 32.3 Å². The molecule has 0 N–H and O–H groups in total. The average Bonchev–Trinajstić information content (AvgIpc) is 2.47. The van der Waals surface area contributed by atoms with Crippen molar-refractivity contribution in [1.82, 2.24) is 0 Å². The van der Waals surface area contributed by atoms with E-state index in [2.05, 4.69) is 74.5 Å². The van der Waals surface area contributed by atoms with Crippen LogP contribution in [0, 0.1) is 13.8 Å². The fraction of sp³-hybridized carbons (Fsp3) is 0.100. The van der Waals surface area contributed by atoms with Gasteiger partial charge in [-0.25, -0.2) is 0 Å². The Morgan fingerprint density at radius 3 is 1.40 bits per heavy atom. The van der Waals surface area contributed by atoms with Crippen LogP contribution in [0.5, 0.6) is 0 Å². The molecule has 0 atom stereocenters. The highest BCUT2D eigenvalue weighted by atomic mass is 14.1. The molecule has 0 aliphatic carbocycles.